The molecule has 0 bridgehead atoms. The van der Waals surface area contributed by atoms with Gasteiger partial charge in [0.2, 0.25) is 5.91 Å². The van der Waals surface area contributed by atoms with Gasteiger partial charge in [-0.3, -0.25) is 9.59 Å². The largest absolute Gasteiger partial charge is 0.484 e. The quantitative estimate of drug-likeness (QED) is 0.780. The van der Waals surface area contributed by atoms with Gasteiger partial charge in [-0.15, -0.1) is 0 Å². The van der Waals surface area contributed by atoms with Gasteiger partial charge in [-0.1, -0.05) is 0 Å². The lowest BCUT2D eigenvalue weighted by Gasteiger charge is -2.26. The van der Waals surface area contributed by atoms with Gasteiger partial charge in [0.1, 0.15) is 17.4 Å². The van der Waals surface area contributed by atoms with E-state index in [1.54, 1.807) is 43.3 Å². The van der Waals surface area contributed by atoms with Crippen molar-refractivity contribution in [3.8, 4) is 5.75 Å². The second kappa shape index (κ2) is 6.96. The Morgan fingerprint density at radius 2 is 2.04 bits per heavy atom. The molecule has 3 rings (SSSR count). The van der Waals surface area contributed by atoms with Gasteiger partial charge < -0.3 is 19.0 Å². The minimum absolute atomic E-state index is 0.0710. The molecule has 7 heteroatoms. The summed E-state index contributed by atoms with van der Waals surface area (Å²) in [5, 5.41) is 0.773. The summed E-state index contributed by atoms with van der Waals surface area (Å²) in [4.78, 5) is 39.0. The molecule has 0 N–H and O–H groups in total. The van der Waals surface area contributed by atoms with Crippen LogP contribution in [0, 0.1) is 0 Å². The number of carbonyl (C=O) groups is 2. The Bertz CT molecular complexity index is 858. The van der Waals surface area contributed by atoms with E-state index in [0.717, 1.165) is 11.8 Å². The molecule has 0 aliphatic carbocycles. The lowest BCUT2D eigenvalue weighted by atomic mass is 10.2. The number of benzene rings is 1. The molecule has 2 amide bonds. The number of nitrogens with zero attached hydrogens (tertiary/aromatic N) is 2. The molecular formula is C18H20N2O5. The smallest absolute Gasteiger partial charge is 0.336 e. The summed E-state index contributed by atoms with van der Waals surface area (Å²) in [5.41, 5.74) is -0.0397. The number of hydrogen-bond donors (Lipinski definition) is 0. The second-order valence-corrected chi connectivity index (χ2v) is 6.22. The van der Waals surface area contributed by atoms with Crippen molar-refractivity contribution in [3.63, 3.8) is 0 Å². The highest BCUT2D eigenvalue weighted by molar-refractivity contribution is 5.88. The van der Waals surface area contributed by atoms with Crippen molar-refractivity contribution in [2.75, 3.05) is 27.2 Å². The van der Waals surface area contributed by atoms with Crippen LogP contribution >= 0.6 is 0 Å². The van der Waals surface area contributed by atoms with E-state index in [1.807, 2.05) is 0 Å². The molecule has 132 valence electrons. The van der Waals surface area contributed by atoms with Crippen molar-refractivity contribution >= 4 is 22.8 Å². The second-order valence-electron chi connectivity index (χ2n) is 6.22. The van der Waals surface area contributed by atoms with E-state index in [4.69, 9.17) is 9.15 Å². The highest BCUT2D eigenvalue weighted by Crippen LogP contribution is 2.21. The van der Waals surface area contributed by atoms with Crippen LogP contribution in [0.5, 0.6) is 5.75 Å². The Morgan fingerprint density at radius 1 is 1.28 bits per heavy atom. The Labute approximate surface area is 144 Å². The Balaban J connectivity index is 1.67. The minimum Gasteiger partial charge on any atom is -0.484 e. The molecule has 0 spiro atoms. The highest BCUT2D eigenvalue weighted by atomic mass is 16.5. The maximum absolute atomic E-state index is 12.4. The van der Waals surface area contributed by atoms with Crippen LogP contribution in [0.3, 0.4) is 0 Å². The number of amides is 2. The van der Waals surface area contributed by atoms with Crippen LogP contribution in [0.15, 0.2) is 39.5 Å². The van der Waals surface area contributed by atoms with E-state index >= 15 is 0 Å². The first-order chi connectivity index (χ1) is 12.0. The summed E-state index contributed by atoms with van der Waals surface area (Å²) in [7, 11) is 3.37. The van der Waals surface area contributed by atoms with Crippen molar-refractivity contribution in [1.29, 1.82) is 0 Å². The third-order valence-electron chi connectivity index (χ3n) is 4.26. The maximum atomic E-state index is 12.4. The van der Waals surface area contributed by atoms with Crippen molar-refractivity contribution in [2.24, 2.45) is 0 Å². The van der Waals surface area contributed by atoms with Crippen LogP contribution in [0.4, 0.5) is 0 Å². The number of likely N-dealkylation sites (N-methyl/N-ethyl adjacent to an activating group) is 1. The van der Waals surface area contributed by atoms with Crippen molar-refractivity contribution < 1.29 is 18.7 Å². The number of likely N-dealkylation sites (tertiary alicyclic amines) is 1. The van der Waals surface area contributed by atoms with Crippen LogP contribution in [0.25, 0.3) is 11.0 Å². The highest BCUT2D eigenvalue weighted by Gasteiger charge is 2.34. The summed E-state index contributed by atoms with van der Waals surface area (Å²) in [6, 6.07) is 7.64. The lowest BCUT2D eigenvalue weighted by Crippen LogP contribution is -2.46. The molecule has 0 radical (unpaired) electrons. The fourth-order valence-corrected chi connectivity index (χ4v) is 2.98. The summed E-state index contributed by atoms with van der Waals surface area (Å²) < 4.78 is 10.6. The molecule has 1 aliphatic rings. The molecule has 1 aromatic heterocycles. The van der Waals surface area contributed by atoms with Gasteiger partial charge in [-0.05, 0) is 31.0 Å². The van der Waals surface area contributed by atoms with Crippen molar-refractivity contribution in [3.05, 3.63) is 40.8 Å². The Hall–Kier alpha value is -2.83. The van der Waals surface area contributed by atoms with Crippen LogP contribution in [0.1, 0.15) is 12.8 Å². The van der Waals surface area contributed by atoms with E-state index in [2.05, 4.69) is 0 Å². The third kappa shape index (κ3) is 3.65. The summed E-state index contributed by atoms with van der Waals surface area (Å²) in [6.07, 6.45) is 1.47. The summed E-state index contributed by atoms with van der Waals surface area (Å²) in [5.74, 6) is 0.135. The average molecular weight is 344 g/mol. The Kier molecular flexibility index (Phi) is 4.74. The summed E-state index contributed by atoms with van der Waals surface area (Å²) >= 11 is 0. The molecule has 1 aliphatic heterocycles. The molecule has 1 saturated heterocycles. The maximum Gasteiger partial charge on any atom is 0.336 e. The van der Waals surface area contributed by atoms with Crippen LogP contribution < -0.4 is 10.4 Å². The van der Waals surface area contributed by atoms with Gasteiger partial charge in [-0.2, -0.15) is 0 Å². The van der Waals surface area contributed by atoms with Crippen LogP contribution in [0.2, 0.25) is 0 Å². The number of hydrogen-bond acceptors (Lipinski definition) is 5. The predicted octanol–water partition coefficient (Wildman–Crippen LogP) is 1.25. The van der Waals surface area contributed by atoms with E-state index in [1.165, 1.54) is 11.0 Å². The zero-order valence-corrected chi connectivity index (χ0v) is 14.2. The molecule has 2 heterocycles. The van der Waals surface area contributed by atoms with Gasteiger partial charge in [-0.25, -0.2) is 4.79 Å². The average Bonchev–Trinajstić information content (AvgIpc) is 3.08. The third-order valence-corrected chi connectivity index (χ3v) is 4.26. The van der Waals surface area contributed by atoms with Gasteiger partial charge in [0.25, 0.3) is 5.91 Å². The summed E-state index contributed by atoms with van der Waals surface area (Å²) in [6.45, 7) is 0.388. The predicted molar refractivity (Wildman–Crippen MR) is 91.4 cm³/mol. The zero-order valence-electron chi connectivity index (χ0n) is 14.2. The van der Waals surface area contributed by atoms with E-state index < -0.39 is 11.7 Å². The van der Waals surface area contributed by atoms with E-state index in [-0.39, 0.29) is 18.4 Å². The molecule has 1 fully saturated rings. The fraction of sp³-hybridized carbons (Fsp3) is 0.389. The van der Waals surface area contributed by atoms with E-state index in [0.29, 0.717) is 24.3 Å². The fourth-order valence-electron chi connectivity index (χ4n) is 2.98. The molecule has 1 aromatic carbocycles. The SMILES string of the molecule is CN(C)C(=O)C1CCCN1C(=O)COc1ccc2ccc(=O)oc2c1. The van der Waals surface area contributed by atoms with Crippen LogP contribution in [-0.2, 0) is 9.59 Å². The molecule has 2 aromatic rings. The first-order valence-corrected chi connectivity index (χ1v) is 8.13. The molecular weight excluding hydrogens is 324 g/mol. The van der Waals surface area contributed by atoms with E-state index in [9.17, 15) is 14.4 Å². The Morgan fingerprint density at radius 3 is 2.80 bits per heavy atom. The molecule has 7 nitrogen and oxygen atoms in total. The monoisotopic (exact) mass is 344 g/mol. The zero-order chi connectivity index (χ0) is 18.0. The first-order valence-electron chi connectivity index (χ1n) is 8.13. The number of carbonyl (C=O) groups excluding carboxylic acids is 2. The van der Waals surface area contributed by atoms with Crippen LogP contribution in [-0.4, -0.2) is 54.9 Å². The number of ether oxygens (including phenoxy) is 1. The first kappa shape index (κ1) is 17.0. The minimum atomic E-state index is -0.442. The van der Waals surface area contributed by atoms with Gasteiger partial charge in [0, 0.05) is 38.2 Å². The molecule has 1 unspecified atom stereocenters. The molecule has 25 heavy (non-hydrogen) atoms. The molecule has 0 saturated carbocycles. The van der Waals surface area contributed by atoms with Gasteiger partial charge in [0.05, 0.1) is 0 Å². The number of rotatable bonds is 4. The van der Waals surface area contributed by atoms with Crippen molar-refractivity contribution in [1.82, 2.24) is 9.80 Å². The molecule has 1 atom stereocenters. The van der Waals surface area contributed by atoms with Gasteiger partial charge >= 0.3 is 5.63 Å². The van der Waals surface area contributed by atoms with Gasteiger partial charge in [0.15, 0.2) is 6.61 Å². The normalized spacial score (nSPS) is 16.9. The topological polar surface area (TPSA) is 80.1 Å². The van der Waals surface area contributed by atoms with Crippen molar-refractivity contribution in [2.45, 2.75) is 18.9 Å². The lowest BCUT2D eigenvalue weighted by molar-refractivity contribution is -0.143. The standard InChI is InChI=1S/C18H20N2O5/c1-19(2)18(23)14-4-3-9-20(14)16(21)11-24-13-7-5-12-6-8-17(22)25-15(12)10-13/h5-8,10,14H,3-4,9,11H2,1-2H3. The number of fused-ring (bicyclic) bond motifs is 1.